The number of rotatable bonds is 4. The van der Waals surface area contributed by atoms with Crippen LogP contribution in [0.1, 0.15) is 15.9 Å². The maximum Gasteiger partial charge on any atom is 0.225 e. The molecule has 0 saturated heterocycles. The molecule has 0 spiro atoms. The molecule has 0 amide bonds. The van der Waals surface area contributed by atoms with E-state index in [9.17, 15) is 4.79 Å². The van der Waals surface area contributed by atoms with Crippen molar-refractivity contribution in [1.82, 2.24) is 15.0 Å². The highest BCUT2D eigenvalue weighted by atomic mass is 32.2. The lowest BCUT2D eigenvalue weighted by atomic mass is 10.2. The summed E-state index contributed by atoms with van der Waals surface area (Å²) in [5.74, 6) is 0. The first-order valence-electron chi connectivity index (χ1n) is 6.52. The van der Waals surface area contributed by atoms with Crippen molar-refractivity contribution in [2.24, 2.45) is 0 Å². The second-order valence-corrected chi connectivity index (χ2v) is 5.49. The number of thioether (sulfide) groups is 1. The van der Waals surface area contributed by atoms with Crippen molar-refractivity contribution in [1.29, 1.82) is 0 Å². The van der Waals surface area contributed by atoms with E-state index in [-0.39, 0.29) is 5.12 Å². The average Bonchev–Trinajstić information content (AvgIpc) is 2.96. The highest BCUT2D eigenvalue weighted by molar-refractivity contribution is 8.14. The smallest absolute Gasteiger partial charge is 0.225 e. The van der Waals surface area contributed by atoms with Gasteiger partial charge in [-0.1, -0.05) is 65.9 Å². The molecule has 5 heteroatoms. The Labute approximate surface area is 126 Å². The molecule has 104 valence electrons. The van der Waals surface area contributed by atoms with Crippen LogP contribution in [0.3, 0.4) is 0 Å². The molecule has 1 heterocycles. The monoisotopic (exact) mass is 295 g/mol. The maximum absolute atomic E-state index is 12.1. The number of benzene rings is 2. The predicted octanol–water partition coefficient (Wildman–Crippen LogP) is 3.26. The van der Waals surface area contributed by atoms with E-state index >= 15 is 0 Å². The molecule has 0 fully saturated rings. The van der Waals surface area contributed by atoms with Gasteiger partial charge in [0.2, 0.25) is 5.12 Å². The first-order valence-corrected chi connectivity index (χ1v) is 7.34. The van der Waals surface area contributed by atoms with Gasteiger partial charge in [0.1, 0.15) is 5.03 Å². The van der Waals surface area contributed by atoms with Crippen molar-refractivity contribution >= 4 is 16.9 Å². The molecule has 0 N–H and O–H groups in total. The van der Waals surface area contributed by atoms with Gasteiger partial charge < -0.3 is 0 Å². The molecule has 3 rings (SSSR count). The average molecular weight is 295 g/mol. The lowest BCUT2D eigenvalue weighted by Crippen LogP contribution is -1.99. The number of aromatic nitrogens is 3. The second kappa shape index (κ2) is 6.37. The topological polar surface area (TPSA) is 47.8 Å². The van der Waals surface area contributed by atoms with Gasteiger partial charge in [0, 0.05) is 5.56 Å². The van der Waals surface area contributed by atoms with Crippen LogP contribution in [0, 0.1) is 0 Å². The zero-order chi connectivity index (χ0) is 14.5. The van der Waals surface area contributed by atoms with Crippen molar-refractivity contribution in [2.75, 3.05) is 0 Å². The largest absolute Gasteiger partial charge is 0.281 e. The van der Waals surface area contributed by atoms with Gasteiger partial charge in [-0.25, -0.2) is 4.68 Å². The summed E-state index contributed by atoms with van der Waals surface area (Å²) in [7, 11) is 0. The fourth-order valence-corrected chi connectivity index (χ4v) is 2.60. The second-order valence-electron chi connectivity index (χ2n) is 4.50. The fourth-order valence-electron chi connectivity index (χ4n) is 1.90. The van der Waals surface area contributed by atoms with Crippen molar-refractivity contribution in [3.8, 4) is 0 Å². The first kappa shape index (κ1) is 13.6. The van der Waals surface area contributed by atoms with E-state index in [2.05, 4.69) is 10.3 Å². The number of carbonyl (C=O) groups is 1. The SMILES string of the molecule is O=C(Sc1cn(Cc2ccccc2)nn1)c1ccccc1. The number of hydrogen-bond acceptors (Lipinski definition) is 4. The zero-order valence-electron chi connectivity index (χ0n) is 11.2. The van der Waals surface area contributed by atoms with Crippen LogP contribution in [-0.2, 0) is 6.54 Å². The quantitative estimate of drug-likeness (QED) is 0.693. The van der Waals surface area contributed by atoms with Gasteiger partial charge in [0.05, 0.1) is 12.7 Å². The number of hydrogen-bond donors (Lipinski definition) is 0. The van der Waals surface area contributed by atoms with E-state index in [0.29, 0.717) is 17.1 Å². The normalized spacial score (nSPS) is 10.5. The Bertz CT molecular complexity index is 726. The van der Waals surface area contributed by atoms with E-state index in [1.54, 1.807) is 23.0 Å². The van der Waals surface area contributed by atoms with Crippen LogP contribution in [0.2, 0.25) is 0 Å². The summed E-state index contributed by atoms with van der Waals surface area (Å²) in [5, 5.41) is 8.67. The molecule has 0 aliphatic carbocycles. The Morgan fingerprint density at radius 1 is 1.00 bits per heavy atom. The van der Waals surface area contributed by atoms with Crippen molar-refractivity contribution < 1.29 is 4.79 Å². The Hall–Kier alpha value is -2.40. The Balaban J connectivity index is 1.67. The van der Waals surface area contributed by atoms with E-state index in [0.717, 1.165) is 17.3 Å². The summed E-state index contributed by atoms with van der Waals surface area (Å²) < 4.78 is 1.73. The molecular formula is C16H13N3OS. The molecule has 0 bridgehead atoms. The summed E-state index contributed by atoms with van der Waals surface area (Å²) in [6, 6.07) is 19.2. The minimum atomic E-state index is -0.0256. The lowest BCUT2D eigenvalue weighted by molar-refractivity contribution is 0.108. The highest BCUT2D eigenvalue weighted by Crippen LogP contribution is 2.20. The predicted molar refractivity (Wildman–Crippen MR) is 82.2 cm³/mol. The Morgan fingerprint density at radius 2 is 1.67 bits per heavy atom. The minimum absolute atomic E-state index is 0.0256. The molecular weight excluding hydrogens is 282 g/mol. The van der Waals surface area contributed by atoms with Gasteiger partial charge in [-0.3, -0.25) is 4.79 Å². The van der Waals surface area contributed by atoms with E-state index in [1.165, 1.54) is 0 Å². The molecule has 0 atom stereocenters. The lowest BCUT2D eigenvalue weighted by Gasteiger charge is -1.99. The molecule has 0 saturated carbocycles. The molecule has 21 heavy (non-hydrogen) atoms. The van der Waals surface area contributed by atoms with Gasteiger partial charge in [-0.2, -0.15) is 0 Å². The summed E-state index contributed by atoms with van der Waals surface area (Å²) >= 11 is 1.09. The van der Waals surface area contributed by atoms with Crippen molar-refractivity contribution in [3.63, 3.8) is 0 Å². The maximum atomic E-state index is 12.1. The molecule has 1 aromatic heterocycles. The molecule has 3 aromatic rings. The van der Waals surface area contributed by atoms with Crippen LogP contribution in [0.15, 0.2) is 71.9 Å². The van der Waals surface area contributed by atoms with Crippen LogP contribution in [-0.4, -0.2) is 20.1 Å². The van der Waals surface area contributed by atoms with Crippen LogP contribution < -0.4 is 0 Å². The third kappa shape index (κ3) is 3.58. The third-order valence-electron chi connectivity index (χ3n) is 2.91. The minimum Gasteiger partial charge on any atom is -0.281 e. The molecule has 0 unspecified atom stereocenters. The van der Waals surface area contributed by atoms with Crippen molar-refractivity contribution in [3.05, 3.63) is 78.0 Å². The molecule has 0 radical (unpaired) electrons. The van der Waals surface area contributed by atoms with Gasteiger partial charge >= 0.3 is 0 Å². The number of carbonyl (C=O) groups excluding carboxylic acids is 1. The highest BCUT2D eigenvalue weighted by Gasteiger charge is 2.10. The molecule has 2 aromatic carbocycles. The van der Waals surface area contributed by atoms with Crippen LogP contribution >= 0.6 is 11.8 Å². The summed E-state index contributed by atoms with van der Waals surface area (Å²) in [6.45, 7) is 0.647. The van der Waals surface area contributed by atoms with Gasteiger partial charge in [0.25, 0.3) is 0 Å². The summed E-state index contributed by atoms with van der Waals surface area (Å²) in [4.78, 5) is 12.1. The Kier molecular flexibility index (Phi) is 4.12. The van der Waals surface area contributed by atoms with E-state index in [4.69, 9.17) is 0 Å². The van der Waals surface area contributed by atoms with Gasteiger partial charge in [-0.15, -0.1) is 5.10 Å². The van der Waals surface area contributed by atoms with Crippen LogP contribution in [0.4, 0.5) is 0 Å². The van der Waals surface area contributed by atoms with E-state index in [1.807, 2.05) is 48.5 Å². The van der Waals surface area contributed by atoms with Gasteiger partial charge in [-0.05, 0) is 17.3 Å². The molecule has 4 nitrogen and oxygen atoms in total. The van der Waals surface area contributed by atoms with Crippen molar-refractivity contribution in [2.45, 2.75) is 11.6 Å². The van der Waals surface area contributed by atoms with Crippen LogP contribution in [0.5, 0.6) is 0 Å². The van der Waals surface area contributed by atoms with Crippen LogP contribution in [0.25, 0.3) is 0 Å². The third-order valence-corrected chi connectivity index (χ3v) is 3.73. The summed E-state index contributed by atoms with van der Waals surface area (Å²) in [6.07, 6.45) is 1.79. The zero-order valence-corrected chi connectivity index (χ0v) is 12.0. The standard InChI is InChI=1S/C16H13N3OS/c20-16(14-9-5-2-6-10-14)21-15-12-19(18-17-15)11-13-7-3-1-4-8-13/h1-10,12H,11H2. The van der Waals surface area contributed by atoms with Gasteiger partial charge in [0.15, 0.2) is 0 Å². The molecule has 0 aliphatic rings. The summed E-state index contributed by atoms with van der Waals surface area (Å²) in [5.41, 5.74) is 1.81. The molecule has 0 aliphatic heterocycles. The first-order chi connectivity index (χ1) is 10.3. The number of nitrogens with zero attached hydrogens (tertiary/aromatic N) is 3. The Morgan fingerprint density at radius 3 is 2.38 bits per heavy atom. The fraction of sp³-hybridized carbons (Fsp3) is 0.0625. The van der Waals surface area contributed by atoms with E-state index < -0.39 is 0 Å².